The first-order chi connectivity index (χ1) is 12.7. The minimum Gasteiger partial charge on any atom is -0.502 e. The van der Waals surface area contributed by atoms with Crippen LogP contribution in [0.4, 0.5) is 0 Å². The molecule has 2 N–H and O–H groups in total. The van der Waals surface area contributed by atoms with Crippen molar-refractivity contribution in [3.05, 3.63) is 99.6 Å². The molecule has 1 aliphatic heterocycles. The van der Waals surface area contributed by atoms with Gasteiger partial charge in [-0.2, -0.15) is 0 Å². The van der Waals surface area contributed by atoms with E-state index in [9.17, 15) is 15.0 Å². The summed E-state index contributed by atoms with van der Waals surface area (Å²) in [6.07, 6.45) is 1.80. The smallest absolute Gasteiger partial charge is 0.227 e. The van der Waals surface area contributed by atoms with Gasteiger partial charge in [-0.15, -0.1) is 0 Å². The number of aliphatic hydroxyl groups is 1. The van der Waals surface area contributed by atoms with Crippen molar-refractivity contribution in [1.29, 1.82) is 0 Å². The van der Waals surface area contributed by atoms with Crippen LogP contribution in [0.3, 0.4) is 0 Å². The SMILES string of the molecule is O=c1cc(CO)oc(C2C=C(c3ccccc3)Oc3ccccc32)c1O. The van der Waals surface area contributed by atoms with E-state index in [-0.39, 0.29) is 11.5 Å². The summed E-state index contributed by atoms with van der Waals surface area (Å²) >= 11 is 0. The van der Waals surface area contributed by atoms with E-state index in [1.807, 2.05) is 54.6 Å². The summed E-state index contributed by atoms with van der Waals surface area (Å²) in [5.74, 6) is 0.426. The third-order valence-electron chi connectivity index (χ3n) is 4.29. The number of ether oxygens (including phenoxy) is 1. The van der Waals surface area contributed by atoms with Crippen molar-refractivity contribution in [3.8, 4) is 11.5 Å². The fourth-order valence-corrected chi connectivity index (χ4v) is 3.04. The lowest BCUT2D eigenvalue weighted by Gasteiger charge is -2.25. The first kappa shape index (κ1) is 16.2. The first-order valence-electron chi connectivity index (χ1n) is 8.18. The molecule has 1 unspecified atom stereocenters. The highest BCUT2D eigenvalue weighted by Gasteiger charge is 2.29. The molecule has 3 aromatic rings. The Morgan fingerprint density at radius 1 is 1.00 bits per heavy atom. The van der Waals surface area contributed by atoms with Crippen LogP contribution in [0, 0.1) is 0 Å². The van der Waals surface area contributed by atoms with Gasteiger partial charge in [0.15, 0.2) is 5.76 Å². The Bertz CT molecular complexity index is 1030. The fraction of sp³-hybridized carbons (Fsp3) is 0.0952. The van der Waals surface area contributed by atoms with Crippen LogP contribution in [-0.2, 0) is 6.61 Å². The number of fused-ring (bicyclic) bond motifs is 1. The highest BCUT2D eigenvalue weighted by Crippen LogP contribution is 2.42. The van der Waals surface area contributed by atoms with Crippen LogP contribution in [0.1, 0.15) is 28.6 Å². The number of hydrogen-bond donors (Lipinski definition) is 2. The largest absolute Gasteiger partial charge is 0.502 e. The van der Waals surface area contributed by atoms with Crippen molar-refractivity contribution in [2.75, 3.05) is 0 Å². The van der Waals surface area contributed by atoms with E-state index in [2.05, 4.69) is 0 Å². The van der Waals surface area contributed by atoms with Gasteiger partial charge in [-0.3, -0.25) is 4.79 Å². The van der Waals surface area contributed by atoms with Gasteiger partial charge in [0, 0.05) is 17.2 Å². The van der Waals surface area contributed by atoms with Gasteiger partial charge >= 0.3 is 0 Å². The van der Waals surface area contributed by atoms with Gasteiger partial charge in [0.25, 0.3) is 0 Å². The maximum atomic E-state index is 12.1. The fourth-order valence-electron chi connectivity index (χ4n) is 3.04. The molecule has 5 nitrogen and oxygen atoms in total. The summed E-state index contributed by atoms with van der Waals surface area (Å²) in [6.45, 7) is -0.428. The average molecular weight is 348 g/mol. The Morgan fingerprint density at radius 3 is 2.50 bits per heavy atom. The van der Waals surface area contributed by atoms with E-state index in [1.54, 1.807) is 6.08 Å². The molecule has 1 aliphatic rings. The van der Waals surface area contributed by atoms with E-state index in [0.717, 1.165) is 17.2 Å². The molecule has 5 heteroatoms. The third kappa shape index (κ3) is 2.78. The molecule has 2 heterocycles. The summed E-state index contributed by atoms with van der Waals surface area (Å²) < 4.78 is 11.6. The lowest BCUT2D eigenvalue weighted by molar-refractivity contribution is 0.234. The maximum absolute atomic E-state index is 12.1. The van der Waals surface area contributed by atoms with Gasteiger partial charge in [-0.25, -0.2) is 0 Å². The van der Waals surface area contributed by atoms with Crippen LogP contribution in [-0.4, -0.2) is 10.2 Å². The second-order valence-electron chi connectivity index (χ2n) is 5.96. The van der Waals surface area contributed by atoms with Gasteiger partial charge in [0.05, 0.1) is 5.92 Å². The molecular formula is C21H16O5. The lowest BCUT2D eigenvalue weighted by atomic mass is 9.91. The number of allylic oxidation sites excluding steroid dienone is 1. The Balaban J connectivity index is 1.92. The van der Waals surface area contributed by atoms with E-state index < -0.39 is 23.7 Å². The van der Waals surface area contributed by atoms with Gasteiger partial charge < -0.3 is 19.4 Å². The highest BCUT2D eigenvalue weighted by atomic mass is 16.5. The Kier molecular flexibility index (Phi) is 4.07. The molecule has 0 bridgehead atoms. The van der Waals surface area contributed by atoms with E-state index in [4.69, 9.17) is 9.15 Å². The van der Waals surface area contributed by atoms with Gasteiger partial charge in [-0.05, 0) is 12.1 Å². The quantitative estimate of drug-likeness (QED) is 0.758. The highest BCUT2D eigenvalue weighted by molar-refractivity contribution is 5.68. The molecule has 130 valence electrons. The van der Waals surface area contributed by atoms with E-state index in [1.165, 1.54) is 0 Å². The zero-order valence-corrected chi connectivity index (χ0v) is 13.8. The summed E-state index contributed by atoms with van der Waals surface area (Å²) in [7, 11) is 0. The first-order valence-corrected chi connectivity index (χ1v) is 8.18. The van der Waals surface area contributed by atoms with Gasteiger partial charge in [0.2, 0.25) is 11.2 Å². The second kappa shape index (κ2) is 6.54. The van der Waals surface area contributed by atoms with Crippen LogP contribution in [0.2, 0.25) is 0 Å². The Labute approximate surface area is 149 Å². The number of aromatic hydroxyl groups is 1. The van der Waals surface area contributed by atoms with Crippen molar-refractivity contribution in [2.45, 2.75) is 12.5 Å². The summed E-state index contributed by atoms with van der Waals surface area (Å²) in [5.41, 5.74) is 1.04. The standard InChI is InChI=1S/C21H16O5/c22-12-14-10-17(23)20(24)21(25-14)16-11-19(13-6-2-1-3-7-13)26-18-9-5-4-8-15(16)18/h1-11,16,22,24H,12H2. The van der Waals surface area contributed by atoms with Crippen LogP contribution >= 0.6 is 0 Å². The molecule has 0 amide bonds. The minimum atomic E-state index is -0.589. The Hall–Kier alpha value is -3.31. The summed E-state index contributed by atoms with van der Waals surface area (Å²) in [4.78, 5) is 12.1. The maximum Gasteiger partial charge on any atom is 0.227 e. The predicted molar refractivity (Wildman–Crippen MR) is 95.9 cm³/mol. The summed E-state index contributed by atoms with van der Waals surface area (Å²) in [5, 5.41) is 19.6. The van der Waals surface area contributed by atoms with E-state index in [0.29, 0.717) is 11.5 Å². The van der Waals surface area contributed by atoms with Gasteiger partial charge in [0.1, 0.15) is 23.9 Å². The van der Waals surface area contributed by atoms with Crippen LogP contribution in [0.25, 0.3) is 5.76 Å². The van der Waals surface area contributed by atoms with Crippen LogP contribution in [0.15, 0.2) is 76.0 Å². The molecule has 0 fully saturated rings. The molecule has 26 heavy (non-hydrogen) atoms. The monoisotopic (exact) mass is 348 g/mol. The summed E-state index contributed by atoms with van der Waals surface area (Å²) in [6, 6.07) is 18.0. The molecule has 0 spiro atoms. The third-order valence-corrected chi connectivity index (χ3v) is 4.29. The molecule has 1 aromatic heterocycles. The van der Waals surface area contributed by atoms with Crippen molar-refractivity contribution in [1.82, 2.24) is 0 Å². The van der Waals surface area contributed by atoms with Crippen molar-refractivity contribution in [2.24, 2.45) is 0 Å². The Morgan fingerprint density at radius 2 is 1.73 bits per heavy atom. The van der Waals surface area contributed by atoms with E-state index >= 15 is 0 Å². The molecule has 1 atom stereocenters. The number of aliphatic hydroxyl groups excluding tert-OH is 1. The molecule has 0 aliphatic carbocycles. The average Bonchev–Trinajstić information content (AvgIpc) is 2.70. The van der Waals surface area contributed by atoms with Crippen molar-refractivity contribution >= 4 is 5.76 Å². The zero-order valence-electron chi connectivity index (χ0n) is 13.8. The predicted octanol–water partition coefficient (Wildman–Crippen LogP) is 3.40. The topological polar surface area (TPSA) is 79.9 Å². The number of para-hydroxylation sites is 1. The normalized spacial score (nSPS) is 15.7. The zero-order chi connectivity index (χ0) is 18.1. The lowest BCUT2D eigenvalue weighted by Crippen LogP contribution is -2.13. The number of hydrogen-bond acceptors (Lipinski definition) is 5. The molecular weight excluding hydrogens is 332 g/mol. The molecule has 4 rings (SSSR count). The second-order valence-corrected chi connectivity index (χ2v) is 5.96. The molecule has 0 saturated carbocycles. The number of rotatable bonds is 3. The molecule has 0 radical (unpaired) electrons. The molecule has 2 aromatic carbocycles. The minimum absolute atomic E-state index is 0.0886. The van der Waals surface area contributed by atoms with Gasteiger partial charge in [-0.1, -0.05) is 48.5 Å². The van der Waals surface area contributed by atoms with Crippen LogP contribution < -0.4 is 10.2 Å². The molecule has 0 saturated heterocycles. The number of benzene rings is 2. The van der Waals surface area contributed by atoms with Crippen LogP contribution in [0.5, 0.6) is 11.5 Å². The van der Waals surface area contributed by atoms with Crippen molar-refractivity contribution in [3.63, 3.8) is 0 Å². The van der Waals surface area contributed by atoms with Crippen molar-refractivity contribution < 1.29 is 19.4 Å².